The number of ether oxygens (including phenoxy) is 2. The van der Waals surface area contributed by atoms with Gasteiger partial charge in [0.2, 0.25) is 0 Å². The highest BCUT2D eigenvalue weighted by molar-refractivity contribution is 6.30. The van der Waals surface area contributed by atoms with Crippen LogP contribution in [-0.2, 0) is 0 Å². The van der Waals surface area contributed by atoms with E-state index in [-0.39, 0.29) is 23.2 Å². The minimum absolute atomic E-state index is 0.0451. The molecule has 0 aromatic heterocycles. The average Bonchev–Trinajstić information content (AvgIpc) is 2.48. The van der Waals surface area contributed by atoms with Crippen LogP contribution in [0.5, 0.6) is 11.5 Å². The molecule has 0 radical (unpaired) electrons. The molecule has 2 rings (SSSR count). The first-order valence-electron chi connectivity index (χ1n) is 5.86. The Bertz CT molecular complexity index is 628. The summed E-state index contributed by atoms with van der Waals surface area (Å²) in [5.74, 6) is -0.422. The van der Waals surface area contributed by atoms with Crippen molar-refractivity contribution in [2.75, 3.05) is 13.7 Å². The highest BCUT2D eigenvalue weighted by atomic mass is 35.5. The van der Waals surface area contributed by atoms with E-state index >= 15 is 0 Å². The molecule has 2 aromatic rings. The third-order valence-corrected chi connectivity index (χ3v) is 2.96. The molecule has 0 amide bonds. The van der Waals surface area contributed by atoms with E-state index in [9.17, 15) is 9.18 Å². The zero-order valence-corrected chi connectivity index (χ0v) is 11.5. The Morgan fingerprint density at radius 2 is 2.00 bits per heavy atom. The van der Waals surface area contributed by atoms with E-state index in [2.05, 4.69) is 0 Å². The molecule has 3 nitrogen and oxygen atoms in total. The average molecular weight is 295 g/mol. The van der Waals surface area contributed by atoms with Gasteiger partial charge in [0.15, 0.2) is 24.0 Å². The summed E-state index contributed by atoms with van der Waals surface area (Å²) < 4.78 is 23.8. The molecule has 0 fully saturated rings. The fourth-order valence-electron chi connectivity index (χ4n) is 1.62. The maximum atomic E-state index is 13.6. The maximum absolute atomic E-state index is 13.6. The molecule has 0 heterocycles. The summed E-state index contributed by atoms with van der Waals surface area (Å²) in [7, 11) is 1.52. The van der Waals surface area contributed by atoms with Crippen molar-refractivity contribution in [3.63, 3.8) is 0 Å². The van der Waals surface area contributed by atoms with Gasteiger partial charge in [0.25, 0.3) is 0 Å². The molecule has 0 aliphatic rings. The number of benzene rings is 2. The quantitative estimate of drug-likeness (QED) is 0.788. The second kappa shape index (κ2) is 6.39. The van der Waals surface area contributed by atoms with Crippen molar-refractivity contribution < 1.29 is 18.7 Å². The largest absolute Gasteiger partial charge is 0.497 e. The number of methoxy groups -OCH3 is 1. The van der Waals surface area contributed by atoms with Crippen LogP contribution in [0.4, 0.5) is 4.39 Å². The van der Waals surface area contributed by atoms with Gasteiger partial charge in [0.05, 0.1) is 12.1 Å². The molecular weight excluding hydrogens is 283 g/mol. The van der Waals surface area contributed by atoms with Crippen molar-refractivity contribution in [1.82, 2.24) is 0 Å². The summed E-state index contributed by atoms with van der Waals surface area (Å²) in [6.07, 6.45) is 0. The van der Waals surface area contributed by atoms with Crippen molar-refractivity contribution >= 4 is 17.4 Å². The van der Waals surface area contributed by atoms with Gasteiger partial charge in [-0.25, -0.2) is 4.39 Å². The number of halogens is 2. The molecule has 0 bridgehead atoms. The standard InChI is InChI=1S/C15H12ClFO3/c1-19-11-5-2-4-10(8-11)13(18)9-20-14-7-3-6-12(16)15(14)17/h2-8H,9H2,1H3. The molecule has 0 spiro atoms. The van der Waals surface area contributed by atoms with Gasteiger partial charge in [-0.2, -0.15) is 0 Å². The Hall–Kier alpha value is -2.07. The normalized spacial score (nSPS) is 10.2. The Morgan fingerprint density at radius 1 is 1.25 bits per heavy atom. The summed E-state index contributed by atoms with van der Waals surface area (Å²) in [6, 6.07) is 11.0. The van der Waals surface area contributed by atoms with Gasteiger partial charge in [0, 0.05) is 5.56 Å². The predicted molar refractivity (Wildman–Crippen MR) is 74.2 cm³/mol. The van der Waals surface area contributed by atoms with E-state index in [1.54, 1.807) is 30.3 Å². The highest BCUT2D eigenvalue weighted by Crippen LogP contribution is 2.24. The zero-order chi connectivity index (χ0) is 14.5. The van der Waals surface area contributed by atoms with Crippen molar-refractivity contribution in [2.45, 2.75) is 0 Å². The Balaban J connectivity index is 2.06. The number of ketones is 1. The van der Waals surface area contributed by atoms with Crippen molar-refractivity contribution in [3.05, 3.63) is 58.9 Å². The fourth-order valence-corrected chi connectivity index (χ4v) is 1.78. The predicted octanol–water partition coefficient (Wildman–Crippen LogP) is 3.75. The van der Waals surface area contributed by atoms with Gasteiger partial charge >= 0.3 is 0 Å². The number of hydrogen-bond donors (Lipinski definition) is 0. The first-order valence-corrected chi connectivity index (χ1v) is 6.23. The van der Waals surface area contributed by atoms with E-state index < -0.39 is 5.82 Å². The molecule has 0 saturated carbocycles. The summed E-state index contributed by atoms with van der Waals surface area (Å²) in [4.78, 5) is 11.9. The molecule has 0 N–H and O–H groups in total. The van der Waals surface area contributed by atoms with Crippen LogP contribution in [0, 0.1) is 5.82 Å². The number of hydrogen-bond acceptors (Lipinski definition) is 3. The summed E-state index contributed by atoms with van der Waals surface area (Å²) in [6.45, 7) is -0.273. The van der Waals surface area contributed by atoms with E-state index in [0.29, 0.717) is 11.3 Å². The molecule has 0 aliphatic carbocycles. The molecule has 20 heavy (non-hydrogen) atoms. The van der Waals surface area contributed by atoms with Crippen molar-refractivity contribution in [1.29, 1.82) is 0 Å². The van der Waals surface area contributed by atoms with Gasteiger partial charge in [0.1, 0.15) is 5.75 Å². The molecule has 104 valence electrons. The lowest BCUT2D eigenvalue weighted by molar-refractivity contribution is 0.0918. The van der Waals surface area contributed by atoms with Crippen LogP contribution in [0.15, 0.2) is 42.5 Å². The zero-order valence-electron chi connectivity index (χ0n) is 10.7. The molecule has 0 aliphatic heterocycles. The van der Waals surface area contributed by atoms with Crippen LogP contribution in [0.2, 0.25) is 5.02 Å². The Kier molecular flexibility index (Phi) is 4.58. The monoisotopic (exact) mass is 294 g/mol. The SMILES string of the molecule is COc1cccc(C(=O)COc2cccc(Cl)c2F)c1. The van der Waals surface area contributed by atoms with Crippen molar-refractivity contribution in [3.8, 4) is 11.5 Å². The van der Waals surface area contributed by atoms with Crippen LogP contribution < -0.4 is 9.47 Å². The highest BCUT2D eigenvalue weighted by Gasteiger charge is 2.11. The third kappa shape index (κ3) is 3.27. The molecule has 5 heteroatoms. The second-order valence-electron chi connectivity index (χ2n) is 4.00. The van der Waals surface area contributed by atoms with E-state index in [1.807, 2.05) is 0 Å². The van der Waals surface area contributed by atoms with Crippen LogP contribution in [0.3, 0.4) is 0 Å². The van der Waals surface area contributed by atoms with Gasteiger partial charge in [-0.1, -0.05) is 29.8 Å². The summed E-state index contributed by atoms with van der Waals surface area (Å²) in [5, 5.41) is -0.0451. The smallest absolute Gasteiger partial charge is 0.200 e. The molecular formula is C15H12ClFO3. The number of rotatable bonds is 5. The third-order valence-electron chi connectivity index (χ3n) is 2.67. The minimum atomic E-state index is -0.674. The number of Topliss-reactive ketones (excluding diaryl/α,β-unsaturated/α-hetero) is 1. The van der Waals surface area contributed by atoms with Crippen LogP contribution in [0.25, 0.3) is 0 Å². The fraction of sp³-hybridized carbons (Fsp3) is 0.133. The van der Waals surface area contributed by atoms with Gasteiger partial charge in [-0.15, -0.1) is 0 Å². The van der Waals surface area contributed by atoms with Crippen LogP contribution in [0.1, 0.15) is 10.4 Å². The van der Waals surface area contributed by atoms with Crippen molar-refractivity contribution in [2.24, 2.45) is 0 Å². The Morgan fingerprint density at radius 3 is 2.75 bits per heavy atom. The topological polar surface area (TPSA) is 35.5 Å². The van der Waals surface area contributed by atoms with E-state index in [0.717, 1.165) is 0 Å². The number of carbonyl (C=O) groups is 1. The lowest BCUT2D eigenvalue weighted by Gasteiger charge is -2.08. The van der Waals surface area contributed by atoms with Crippen LogP contribution in [-0.4, -0.2) is 19.5 Å². The lowest BCUT2D eigenvalue weighted by atomic mass is 10.1. The van der Waals surface area contributed by atoms with Gasteiger partial charge in [-0.3, -0.25) is 4.79 Å². The molecule has 2 aromatic carbocycles. The first kappa shape index (κ1) is 14.3. The minimum Gasteiger partial charge on any atom is -0.497 e. The first-order chi connectivity index (χ1) is 9.61. The van der Waals surface area contributed by atoms with E-state index in [4.69, 9.17) is 21.1 Å². The summed E-state index contributed by atoms with van der Waals surface area (Å²) >= 11 is 5.63. The summed E-state index contributed by atoms with van der Waals surface area (Å²) in [5.41, 5.74) is 0.437. The maximum Gasteiger partial charge on any atom is 0.200 e. The molecule has 0 atom stereocenters. The van der Waals surface area contributed by atoms with Gasteiger partial charge in [-0.05, 0) is 24.3 Å². The lowest BCUT2D eigenvalue weighted by Crippen LogP contribution is -2.12. The molecule has 0 unspecified atom stereocenters. The number of carbonyl (C=O) groups excluding carboxylic acids is 1. The van der Waals surface area contributed by atoms with Crippen LogP contribution >= 0.6 is 11.6 Å². The van der Waals surface area contributed by atoms with Gasteiger partial charge < -0.3 is 9.47 Å². The second-order valence-corrected chi connectivity index (χ2v) is 4.40. The Labute approximate surface area is 120 Å². The molecule has 0 saturated heterocycles. The van der Waals surface area contributed by atoms with E-state index in [1.165, 1.54) is 19.2 Å².